The molecule has 2 aromatic rings. The standard InChI is InChI=1S/C16H20N2O5S2/c1-16(2,3)23-15(19)17-12-8-7-11(10-13(12)22-4)18-25(20,21)14-6-5-9-24-14/h5-10,18H,1-4H3,(H,17,19). The monoisotopic (exact) mass is 384 g/mol. The zero-order valence-electron chi connectivity index (χ0n) is 14.3. The van der Waals surface area contributed by atoms with E-state index in [9.17, 15) is 13.2 Å². The molecule has 0 spiro atoms. The molecule has 2 rings (SSSR count). The largest absolute Gasteiger partial charge is 0.494 e. The minimum Gasteiger partial charge on any atom is -0.494 e. The highest BCUT2D eigenvalue weighted by molar-refractivity contribution is 7.94. The van der Waals surface area contributed by atoms with E-state index in [1.165, 1.54) is 31.4 Å². The predicted octanol–water partition coefficient (Wildman–Crippen LogP) is 3.90. The first-order chi connectivity index (χ1) is 11.6. The van der Waals surface area contributed by atoms with Gasteiger partial charge in [0.15, 0.2) is 0 Å². The van der Waals surface area contributed by atoms with Crippen LogP contribution in [0.15, 0.2) is 39.9 Å². The molecule has 0 radical (unpaired) electrons. The minimum absolute atomic E-state index is 0.211. The van der Waals surface area contributed by atoms with Gasteiger partial charge in [0, 0.05) is 6.07 Å². The molecule has 1 aromatic heterocycles. The molecule has 7 nitrogen and oxygen atoms in total. The molecule has 0 aliphatic heterocycles. The van der Waals surface area contributed by atoms with Crippen molar-refractivity contribution in [3.63, 3.8) is 0 Å². The number of nitrogens with one attached hydrogen (secondary N) is 2. The Morgan fingerprint density at radius 1 is 1.20 bits per heavy atom. The van der Waals surface area contributed by atoms with E-state index < -0.39 is 21.7 Å². The molecule has 1 aromatic carbocycles. The molecule has 25 heavy (non-hydrogen) atoms. The number of thiophene rings is 1. The summed E-state index contributed by atoms with van der Waals surface area (Å²) in [5, 5.41) is 4.26. The third kappa shape index (κ3) is 5.36. The molecule has 0 fully saturated rings. The molecule has 0 aliphatic carbocycles. The number of sulfonamides is 1. The van der Waals surface area contributed by atoms with Crippen molar-refractivity contribution in [1.82, 2.24) is 0 Å². The Morgan fingerprint density at radius 2 is 1.92 bits per heavy atom. The second-order valence-electron chi connectivity index (χ2n) is 6.08. The number of amides is 1. The molecule has 1 amide bonds. The van der Waals surface area contributed by atoms with E-state index in [1.807, 2.05) is 0 Å². The predicted molar refractivity (Wildman–Crippen MR) is 98.0 cm³/mol. The van der Waals surface area contributed by atoms with Gasteiger partial charge in [-0.2, -0.15) is 0 Å². The third-order valence-corrected chi connectivity index (χ3v) is 5.63. The van der Waals surface area contributed by atoms with Gasteiger partial charge in [0.05, 0.1) is 18.5 Å². The Morgan fingerprint density at radius 3 is 2.48 bits per heavy atom. The maximum atomic E-state index is 12.3. The summed E-state index contributed by atoms with van der Waals surface area (Å²) in [4.78, 5) is 11.9. The van der Waals surface area contributed by atoms with Gasteiger partial charge in [0.2, 0.25) is 0 Å². The van der Waals surface area contributed by atoms with Gasteiger partial charge >= 0.3 is 6.09 Å². The van der Waals surface area contributed by atoms with Gasteiger partial charge in [0.1, 0.15) is 15.6 Å². The molecule has 136 valence electrons. The summed E-state index contributed by atoms with van der Waals surface area (Å²) in [6.45, 7) is 5.27. The van der Waals surface area contributed by atoms with Crippen LogP contribution in [-0.2, 0) is 14.8 Å². The minimum atomic E-state index is -3.65. The van der Waals surface area contributed by atoms with E-state index in [1.54, 1.807) is 32.2 Å². The van der Waals surface area contributed by atoms with Crippen molar-refractivity contribution in [3.8, 4) is 5.75 Å². The van der Waals surface area contributed by atoms with E-state index in [4.69, 9.17) is 9.47 Å². The fourth-order valence-electron chi connectivity index (χ4n) is 1.89. The van der Waals surface area contributed by atoms with E-state index in [0.29, 0.717) is 17.1 Å². The number of methoxy groups -OCH3 is 1. The van der Waals surface area contributed by atoms with Crippen molar-refractivity contribution in [2.24, 2.45) is 0 Å². The van der Waals surface area contributed by atoms with Crippen molar-refractivity contribution in [3.05, 3.63) is 35.7 Å². The van der Waals surface area contributed by atoms with Crippen LogP contribution < -0.4 is 14.8 Å². The maximum Gasteiger partial charge on any atom is 0.412 e. The second-order valence-corrected chi connectivity index (χ2v) is 8.94. The quantitative estimate of drug-likeness (QED) is 0.815. The van der Waals surface area contributed by atoms with Crippen LogP contribution in [0.2, 0.25) is 0 Å². The van der Waals surface area contributed by atoms with Crippen LogP contribution in [0.3, 0.4) is 0 Å². The normalized spacial score (nSPS) is 11.7. The first kappa shape index (κ1) is 19.1. The number of anilines is 2. The Hall–Kier alpha value is -2.26. The molecular weight excluding hydrogens is 364 g/mol. The number of rotatable bonds is 5. The number of carbonyl (C=O) groups excluding carboxylic acids is 1. The van der Waals surface area contributed by atoms with Crippen LogP contribution in [0.25, 0.3) is 0 Å². The Kier molecular flexibility index (Phi) is 5.58. The summed E-state index contributed by atoms with van der Waals surface area (Å²) >= 11 is 1.12. The van der Waals surface area contributed by atoms with Crippen molar-refractivity contribution >= 4 is 38.8 Å². The van der Waals surface area contributed by atoms with Crippen LogP contribution in [0.5, 0.6) is 5.75 Å². The fraction of sp³-hybridized carbons (Fsp3) is 0.312. The zero-order chi connectivity index (χ0) is 18.7. The molecule has 9 heteroatoms. The summed E-state index contributed by atoms with van der Waals surface area (Å²) in [6.07, 6.45) is -0.627. The molecule has 0 unspecified atom stereocenters. The average molecular weight is 384 g/mol. The summed E-state index contributed by atoms with van der Waals surface area (Å²) in [7, 11) is -2.23. The first-order valence-corrected chi connectivity index (χ1v) is 9.71. The molecule has 0 bridgehead atoms. The third-order valence-electron chi connectivity index (χ3n) is 2.85. The van der Waals surface area contributed by atoms with Gasteiger partial charge in [-0.15, -0.1) is 11.3 Å². The van der Waals surface area contributed by atoms with Gasteiger partial charge in [-0.25, -0.2) is 13.2 Å². The van der Waals surface area contributed by atoms with E-state index in [2.05, 4.69) is 10.0 Å². The smallest absolute Gasteiger partial charge is 0.412 e. The van der Waals surface area contributed by atoms with Crippen LogP contribution in [0.4, 0.5) is 16.2 Å². The average Bonchev–Trinajstić information content (AvgIpc) is 3.01. The van der Waals surface area contributed by atoms with Gasteiger partial charge < -0.3 is 9.47 Å². The van der Waals surface area contributed by atoms with Gasteiger partial charge in [0.25, 0.3) is 10.0 Å². The Labute approximate surface area is 151 Å². The highest BCUT2D eigenvalue weighted by Crippen LogP contribution is 2.30. The highest BCUT2D eigenvalue weighted by atomic mass is 32.2. The van der Waals surface area contributed by atoms with Crippen LogP contribution in [0.1, 0.15) is 20.8 Å². The molecule has 0 aliphatic rings. The number of carbonyl (C=O) groups is 1. The van der Waals surface area contributed by atoms with E-state index in [0.717, 1.165) is 11.3 Å². The lowest BCUT2D eigenvalue weighted by molar-refractivity contribution is 0.0635. The van der Waals surface area contributed by atoms with Gasteiger partial charge in [-0.05, 0) is 44.4 Å². The van der Waals surface area contributed by atoms with E-state index >= 15 is 0 Å². The molecule has 0 saturated heterocycles. The summed E-state index contributed by atoms with van der Waals surface area (Å²) < 4.78 is 37.6. The van der Waals surface area contributed by atoms with Crippen molar-refractivity contribution in [2.45, 2.75) is 30.6 Å². The van der Waals surface area contributed by atoms with Crippen molar-refractivity contribution < 1.29 is 22.7 Å². The van der Waals surface area contributed by atoms with Crippen LogP contribution in [0, 0.1) is 0 Å². The summed E-state index contributed by atoms with van der Waals surface area (Å²) in [6, 6.07) is 7.73. The molecule has 2 N–H and O–H groups in total. The van der Waals surface area contributed by atoms with Crippen molar-refractivity contribution in [2.75, 3.05) is 17.1 Å². The topological polar surface area (TPSA) is 93.7 Å². The number of hydrogen-bond acceptors (Lipinski definition) is 6. The van der Waals surface area contributed by atoms with Crippen molar-refractivity contribution in [1.29, 1.82) is 0 Å². The van der Waals surface area contributed by atoms with E-state index in [-0.39, 0.29) is 4.21 Å². The Bertz CT molecular complexity index is 840. The first-order valence-electron chi connectivity index (χ1n) is 7.35. The fourth-order valence-corrected chi connectivity index (χ4v) is 3.94. The zero-order valence-corrected chi connectivity index (χ0v) is 16.0. The lowest BCUT2D eigenvalue weighted by Gasteiger charge is -2.20. The SMILES string of the molecule is COc1cc(NS(=O)(=O)c2cccs2)ccc1NC(=O)OC(C)(C)C. The lowest BCUT2D eigenvalue weighted by Crippen LogP contribution is -2.27. The summed E-state index contributed by atoms with van der Waals surface area (Å²) in [5.41, 5.74) is 0.0592. The van der Waals surface area contributed by atoms with Gasteiger partial charge in [-0.3, -0.25) is 10.0 Å². The van der Waals surface area contributed by atoms with Crippen LogP contribution in [-0.4, -0.2) is 27.2 Å². The summed E-state index contributed by atoms with van der Waals surface area (Å²) in [5.74, 6) is 0.303. The lowest BCUT2D eigenvalue weighted by atomic mass is 10.2. The molecule has 0 saturated carbocycles. The van der Waals surface area contributed by atoms with Gasteiger partial charge in [-0.1, -0.05) is 6.07 Å². The maximum absolute atomic E-state index is 12.3. The highest BCUT2D eigenvalue weighted by Gasteiger charge is 2.19. The number of ether oxygens (including phenoxy) is 2. The molecule has 1 heterocycles. The molecular formula is C16H20N2O5S2. The second kappa shape index (κ2) is 7.32. The molecule has 0 atom stereocenters. The Balaban J connectivity index is 2.18. The number of hydrogen-bond donors (Lipinski definition) is 2. The number of benzene rings is 1. The van der Waals surface area contributed by atoms with Crippen LogP contribution >= 0.6 is 11.3 Å².